The van der Waals surface area contributed by atoms with E-state index in [0.717, 1.165) is 16.6 Å². The van der Waals surface area contributed by atoms with Crippen LogP contribution in [-0.4, -0.2) is 27.8 Å². The fraction of sp³-hybridized carbons (Fsp3) is 0.121. The van der Waals surface area contributed by atoms with E-state index < -0.39 is 23.1 Å². The molecule has 0 saturated carbocycles. The first-order valence-corrected chi connectivity index (χ1v) is 13.4. The summed E-state index contributed by atoms with van der Waals surface area (Å²) in [6.07, 6.45) is 1.13. The van der Waals surface area contributed by atoms with Gasteiger partial charge >= 0.3 is 11.3 Å². The van der Waals surface area contributed by atoms with Gasteiger partial charge in [-0.15, -0.1) is 0 Å². The Morgan fingerprint density at radius 2 is 1.58 bits per heavy atom. The first kappa shape index (κ1) is 27.4. The molecule has 214 valence electrons. The van der Waals surface area contributed by atoms with E-state index in [4.69, 9.17) is 8.83 Å². The molecule has 3 heterocycles. The predicted molar refractivity (Wildman–Crippen MR) is 162 cm³/mol. The maximum absolute atomic E-state index is 14.0. The Morgan fingerprint density at radius 1 is 0.860 bits per heavy atom. The van der Waals surface area contributed by atoms with Gasteiger partial charge in [0.25, 0.3) is 5.91 Å². The normalized spacial score (nSPS) is 14.6. The summed E-state index contributed by atoms with van der Waals surface area (Å²) in [6, 6.07) is 18.7. The Labute approximate surface area is 244 Å². The molecule has 0 saturated heterocycles. The molecule has 2 amide bonds. The van der Waals surface area contributed by atoms with Gasteiger partial charge in [-0.2, -0.15) is 5.01 Å². The number of carbonyl (C=O) groups is 2. The van der Waals surface area contributed by atoms with Crippen LogP contribution in [0.15, 0.2) is 95.8 Å². The molecule has 10 heteroatoms. The fourth-order valence-corrected chi connectivity index (χ4v) is 5.13. The molecule has 6 rings (SSSR count). The van der Waals surface area contributed by atoms with E-state index in [1.54, 1.807) is 68.4 Å². The molecule has 0 aliphatic carbocycles. The summed E-state index contributed by atoms with van der Waals surface area (Å²) in [5, 5.41) is 14.2. The SMILES string of the molecule is CC(=O)N1C(=O)/C(=C\c2c(O)c3ccc(C)cc3oc2=O)N=C(c2ccccc2)N1c1cc2c(C)cc(=O)oc2cc1C. The fourth-order valence-electron chi connectivity index (χ4n) is 5.13. The number of imide groups is 1. The van der Waals surface area contributed by atoms with Gasteiger partial charge in [0.2, 0.25) is 5.91 Å². The average molecular weight is 576 g/mol. The first-order chi connectivity index (χ1) is 20.5. The number of nitrogens with zero attached hydrogens (tertiary/aromatic N) is 3. The number of fused-ring (bicyclic) bond motifs is 2. The van der Waals surface area contributed by atoms with Crippen molar-refractivity contribution < 1.29 is 23.5 Å². The zero-order chi connectivity index (χ0) is 30.6. The molecule has 0 bridgehead atoms. The maximum atomic E-state index is 14.0. The van der Waals surface area contributed by atoms with Crippen LogP contribution < -0.4 is 16.3 Å². The second kappa shape index (κ2) is 10.3. The number of anilines is 1. The highest BCUT2D eigenvalue weighted by Crippen LogP contribution is 2.35. The number of amides is 2. The lowest BCUT2D eigenvalue weighted by Gasteiger charge is -2.38. The maximum Gasteiger partial charge on any atom is 0.347 e. The van der Waals surface area contributed by atoms with Crippen molar-refractivity contribution in [1.29, 1.82) is 0 Å². The molecule has 0 fully saturated rings. The number of aliphatic imine (C=N–C) groups is 1. The van der Waals surface area contributed by atoms with Crippen LogP contribution in [0.3, 0.4) is 0 Å². The van der Waals surface area contributed by atoms with Gasteiger partial charge in [0.1, 0.15) is 28.2 Å². The molecule has 10 nitrogen and oxygen atoms in total. The lowest BCUT2D eigenvalue weighted by molar-refractivity contribution is -0.141. The van der Waals surface area contributed by atoms with Crippen LogP contribution in [0, 0.1) is 20.8 Å². The highest BCUT2D eigenvalue weighted by atomic mass is 16.4. The minimum Gasteiger partial charge on any atom is -0.506 e. The number of aryl methyl sites for hydroxylation is 3. The molecule has 0 atom stereocenters. The van der Waals surface area contributed by atoms with Crippen LogP contribution in [0.1, 0.15) is 34.7 Å². The zero-order valence-corrected chi connectivity index (χ0v) is 23.7. The average Bonchev–Trinajstić information content (AvgIpc) is 2.95. The van der Waals surface area contributed by atoms with E-state index in [1.165, 1.54) is 18.0 Å². The van der Waals surface area contributed by atoms with Crippen molar-refractivity contribution in [3.63, 3.8) is 0 Å². The highest BCUT2D eigenvalue weighted by molar-refractivity contribution is 6.22. The van der Waals surface area contributed by atoms with Crippen LogP contribution in [0.5, 0.6) is 5.75 Å². The number of aromatic hydroxyl groups is 1. The molecule has 0 radical (unpaired) electrons. The van der Waals surface area contributed by atoms with Crippen molar-refractivity contribution in [1.82, 2.24) is 5.01 Å². The number of hydrogen-bond acceptors (Lipinski definition) is 9. The van der Waals surface area contributed by atoms with Gasteiger partial charge in [-0.3, -0.25) is 9.59 Å². The van der Waals surface area contributed by atoms with Gasteiger partial charge in [0.15, 0.2) is 5.84 Å². The van der Waals surface area contributed by atoms with Crippen molar-refractivity contribution in [3.05, 3.63) is 121 Å². The Morgan fingerprint density at radius 3 is 2.30 bits per heavy atom. The summed E-state index contributed by atoms with van der Waals surface area (Å²) in [7, 11) is 0. The third-order valence-corrected chi connectivity index (χ3v) is 7.22. The van der Waals surface area contributed by atoms with Gasteiger partial charge in [0, 0.05) is 23.9 Å². The topological polar surface area (TPSA) is 134 Å². The molecular formula is C33H25N3O7. The second-order valence-corrected chi connectivity index (χ2v) is 10.3. The van der Waals surface area contributed by atoms with E-state index in [2.05, 4.69) is 4.99 Å². The summed E-state index contributed by atoms with van der Waals surface area (Å²) >= 11 is 0. The number of benzene rings is 3. The van der Waals surface area contributed by atoms with Crippen LogP contribution in [0.25, 0.3) is 28.0 Å². The van der Waals surface area contributed by atoms with E-state index in [9.17, 15) is 24.3 Å². The molecular weight excluding hydrogens is 550 g/mol. The molecule has 2 aromatic heterocycles. The Hall–Kier alpha value is -5.77. The molecule has 5 aromatic rings. The van der Waals surface area contributed by atoms with Crippen LogP contribution in [-0.2, 0) is 9.59 Å². The van der Waals surface area contributed by atoms with Crippen molar-refractivity contribution in [2.45, 2.75) is 27.7 Å². The predicted octanol–water partition coefficient (Wildman–Crippen LogP) is 5.13. The molecule has 0 unspecified atom stereocenters. The summed E-state index contributed by atoms with van der Waals surface area (Å²) in [4.78, 5) is 56.8. The quantitative estimate of drug-likeness (QED) is 0.231. The van der Waals surface area contributed by atoms with Gasteiger partial charge in [0.05, 0.1) is 11.1 Å². The number of hydrogen-bond donors (Lipinski definition) is 1. The second-order valence-electron chi connectivity index (χ2n) is 10.3. The van der Waals surface area contributed by atoms with Gasteiger partial charge in [-0.05, 0) is 67.8 Å². The Kier molecular flexibility index (Phi) is 6.53. The zero-order valence-electron chi connectivity index (χ0n) is 23.7. The Bertz CT molecular complexity index is 2180. The summed E-state index contributed by atoms with van der Waals surface area (Å²) in [5.41, 5.74) is 1.74. The Balaban J connectivity index is 1.63. The van der Waals surface area contributed by atoms with Gasteiger partial charge in [-0.25, -0.2) is 19.6 Å². The molecule has 1 aliphatic heterocycles. The monoisotopic (exact) mass is 575 g/mol. The van der Waals surface area contributed by atoms with E-state index in [1.807, 2.05) is 13.0 Å². The van der Waals surface area contributed by atoms with E-state index in [-0.39, 0.29) is 33.8 Å². The smallest absolute Gasteiger partial charge is 0.347 e. The van der Waals surface area contributed by atoms with Crippen molar-refractivity contribution in [2.24, 2.45) is 4.99 Å². The summed E-state index contributed by atoms with van der Waals surface area (Å²) in [5.74, 6) is -1.62. The molecule has 1 aliphatic rings. The largest absolute Gasteiger partial charge is 0.506 e. The molecule has 1 N–H and O–H groups in total. The van der Waals surface area contributed by atoms with Crippen LogP contribution in [0.4, 0.5) is 5.69 Å². The number of hydrazine groups is 1. The van der Waals surface area contributed by atoms with Crippen molar-refractivity contribution >= 4 is 51.4 Å². The van der Waals surface area contributed by atoms with Crippen molar-refractivity contribution in [2.75, 3.05) is 5.01 Å². The lowest BCUT2D eigenvalue weighted by atomic mass is 10.0. The van der Waals surface area contributed by atoms with Crippen molar-refractivity contribution in [3.8, 4) is 5.75 Å². The van der Waals surface area contributed by atoms with Crippen LogP contribution in [0.2, 0.25) is 0 Å². The van der Waals surface area contributed by atoms with E-state index in [0.29, 0.717) is 33.3 Å². The first-order valence-electron chi connectivity index (χ1n) is 13.4. The standard InChI is InChI=1S/C33H25N3O7/c1-17-10-11-22-27(12-17)43-33(41)24(30(22)39)15-25-32(40)35(20(4)37)36(31(34-25)21-8-6-5-7-9-21)26-16-23-18(2)14-29(38)42-28(23)13-19(26)3/h5-16,39H,1-4H3/b25-15+. The van der Waals surface area contributed by atoms with E-state index >= 15 is 0 Å². The summed E-state index contributed by atoms with van der Waals surface area (Å²) in [6.45, 7) is 6.58. The number of amidine groups is 1. The van der Waals surface area contributed by atoms with Gasteiger partial charge < -0.3 is 13.9 Å². The molecule has 3 aromatic carbocycles. The minimum absolute atomic E-state index is 0.197. The molecule has 43 heavy (non-hydrogen) atoms. The summed E-state index contributed by atoms with van der Waals surface area (Å²) < 4.78 is 10.8. The number of carbonyl (C=O) groups excluding carboxylic acids is 2. The molecule has 0 spiro atoms. The lowest BCUT2D eigenvalue weighted by Crippen LogP contribution is -2.56. The third kappa shape index (κ3) is 4.68. The van der Waals surface area contributed by atoms with Crippen LogP contribution >= 0.6 is 0 Å². The van der Waals surface area contributed by atoms with Gasteiger partial charge in [-0.1, -0.05) is 36.4 Å². The highest BCUT2D eigenvalue weighted by Gasteiger charge is 2.38. The third-order valence-electron chi connectivity index (χ3n) is 7.22. The minimum atomic E-state index is -0.869. The number of rotatable bonds is 3.